The van der Waals surface area contributed by atoms with Crippen LogP contribution in [0.3, 0.4) is 0 Å². The van der Waals surface area contributed by atoms with Crippen LogP contribution in [0.25, 0.3) is 11.5 Å². The Hall–Kier alpha value is -1.88. The Kier molecular flexibility index (Phi) is 2.78. The Bertz CT molecular complexity index is 580. The van der Waals surface area contributed by atoms with Gasteiger partial charge in [0.2, 0.25) is 5.82 Å². The number of nitrogens with two attached hydrogens (primary N) is 1. The molecule has 0 saturated carbocycles. The SMILES string of the molecule is Cc1cccc(N)c1-c1nc(C2(C)CCCO2)no1. The van der Waals surface area contributed by atoms with E-state index in [-0.39, 0.29) is 0 Å². The number of ether oxygens (including phenoxy) is 1. The molecule has 19 heavy (non-hydrogen) atoms. The monoisotopic (exact) mass is 259 g/mol. The first-order chi connectivity index (χ1) is 9.10. The highest BCUT2D eigenvalue weighted by Gasteiger charge is 2.37. The Balaban J connectivity index is 2.02. The molecule has 2 N–H and O–H groups in total. The maximum absolute atomic E-state index is 5.99. The fourth-order valence-electron chi connectivity index (χ4n) is 2.48. The van der Waals surface area contributed by atoms with E-state index in [2.05, 4.69) is 10.1 Å². The molecule has 2 aromatic rings. The van der Waals surface area contributed by atoms with Crippen LogP contribution in [0.5, 0.6) is 0 Å². The third-order valence-corrected chi connectivity index (χ3v) is 3.64. The van der Waals surface area contributed by atoms with Gasteiger partial charge in [0.1, 0.15) is 5.60 Å². The van der Waals surface area contributed by atoms with Gasteiger partial charge >= 0.3 is 0 Å². The van der Waals surface area contributed by atoms with Crippen molar-refractivity contribution in [2.24, 2.45) is 0 Å². The summed E-state index contributed by atoms with van der Waals surface area (Å²) in [5.41, 5.74) is 8.03. The van der Waals surface area contributed by atoms with Gasteiger partial charge in [0.05, 0.1) is 5.56 Å². The molecule has 1 aliphatic rings. The standard InChI is InChI=1S/C14H17N3O2/c1-9-5-3-6-10(15)11(9)12-16-13(17-19-12)14(2)7-4-8-18-14/h3,5-6H,4,7-8,15H2,1-2H3. The van der Waals surface area contributed by atoms with Crippen LogP contribution in [0, 0.1) is 6.92 Å². The summed E-state index contributed by atoms with van der Waals surface area (Å²) < 4.78 is 11.1. The lowest BCUT2D eigenvalue weighted by molar-refractivity contribution is 0.00768. The maximum Gasteiger partial charge on any atom is 0.260 e. The Morgan fingerprint density at radius 3 is 2.89 bits per heavy atom. The van der Waals surface area contributed by atoms with E-state index in [4.69, 9.17) is 15.0 Å². The lowest BCUT2D eigenvalue weighted by Gasteiger charge is -2.17. The van der Waals surface area contributed by atoms with Crippen LogP contribution in [-0.2, 0) is 10.3 Å². The summed E-state index contributed by atoms with van der Waals surface area (Å²) in [6, 6.07) is 5.72. The molecule has 1 fully saturated rings. The van der Waals surface area contributed by atoms with E-state index >= 15 is 0 Å². The number of hydrogen-bond donors (Lipinski definition) is 1. The minimum atomic E-state index is -0.431. The zero-order chi connectivity index (χ0) is 13.5. The first-order valence-corrected chi connectivity index (χ1v) is 6.44. The summed E-state index contributed by atoms with van der Waals surface area (Å²) in [5.74, 6) is 1.06. The van der Waals surface area contributed by atoms with E-state index in [9.17, 15) is 0 Å². The van der Waals surface area contributed by atoms with Crippen molar-refractivity contribution in [1.82, 2.24) is 10.1 Å². The van der Waals surface area contributed by atoms with Crippen molar-refractivity contribution in [2.45, 2.75) is 32.3 Å². The van der Waals surface area contributed by atoms with Gasteiger partial charge in [-0.25, -0.2) is 0 Å². The molecule has 1 unspecified atom stereocenters. The van der Waals surface area contributed by atoms with E-state index < -0.39 is 5.60 Å². The number of rotatable bonds is 2. The van der Waals surface area contributed by atoms with Crippen molar-refractivity contribution < 1.29 is 9.26 Å². The summed E-state index contributed by atoms with van der Waals surface area (Å²) in [7, 11) is 0. The Morgan fingerprint density at radius 1 is 1.37 bits per heavy atom. The zero-order valence-corrected chi connectivity index (χ0v) is 11.1. The topological polar surface area (TPSA) is 74.2 Å². The first-order valence-electron chi connectivity index (χ1n) is 6.44. The van der Waals surface area contributed by atoms with Gasteiger partial charge < -0.3 is 15.0 Å². The Labute approximate surface area is 111 Å². The number of nitrogens with zero attached hydrogens (tertiary/aromatic N) is 2. The van der Waals surface area contributed by atoms with E-state index in [1.807, 2.05) is 32.0 Å². The second kappa shape index (κ2) is 4.35. The van der Waals surface area contributed by atoms with Crippen LogP contribution in [-0.4, -0.2) is 16.7 Å². The van der Waals surface area contributed by atoms with E-state index in [1.54, 1.807) is 0 Å². The number of nitrogen functional groups attached to an aromatic ring is 1. The summed E-state index contributed by atoms with van der Waals surface area (Å²) in [5, 5.41) is 4.06. The van der Waals surface area contributed by atoms with Crippen LogP contribution in [0.2, 0.25) is 0 Å². The molecule has 0 bridgehead atoms. The lowest BCUT2D eigenvalue weighted by atomic mass is 10.0. The zero-order valence-electron chi connectivity index (χ0n) is 11.1. The third kappa shape index (κ3) is 2.00. The van der Waals surface area contributed by atoms with Crippen LogP contribution in [0.15, 0.2) is 22.7 Å². The van der Waals surface area contributed by atoms with Gasteiger partial charge in [-0.2, -0.15) is 4.98 Å². The molecule has 0 amide bonds. The minimum Gasteiger partial charge on any atom is -0.398 e. The second-order valence-electron chi connectivity index (χ2n) is 5.15. The van der Waals surface area contributed by atoms with E-state index in [1.165, 1.54) is 0 Å². The molecular weight excluding hydrogens is 242 g/mol. The van der Waals surface area contributed by atoms with Gasteiger partial charge in [-0.15, -0.1) is 0 Å². The number of aryl methyl sites for hydroxylation is 1. The fraction of sp³-hybridized carbons (Fsp3) is 0.429. The number of aromatic nitrogens is 2. The largest absolute Gasteiger partial charge is 0.398 e. The molecule has 1 aliphatic heterocycles. The van der Waals surface area contributed by atoms with Gasteiger partial charge in [-0.05, 0) is 38.3 Å². The Morgan fingerprint density at radius 2 is 2.21 bits per heavy atom. The van der Waals surface area contributed by atoms with Crippen molar-refractivity contribution in [2.75, 3.05) is 12.3 Å². The molecule has 5 nitrogen and oxygen atoms in total. The normalized spacial score (nSPS) is 22.8. The highest BCUT2D eigenvalue weighted by Crippen LogP contribution is 2.36. The van der Waals surface area contributed by atoms with Gasteiger partial charge in [-0.3, -0.25) is 0 Å². The molecule has 5 heteroatoms. The van der Waals surface area contributed by atoms with Crippen molar-refractivity contribution in [1.29, 1.82) is 0 Å². The molecule has 1 aromatic carbocycles. The number of benzene rings is 1. The van der Waals surface area contributed by atoms with Crippen LogP contribution >= 0.6 is 0 Å². The van der Waals surface area contributed by atoms with Gasteiger partial charge in [0.25, 0.3) is 5.89 Å². The number of hydrogen-bond acceptors (Lipinski definition) is 5. The molecular formula is C14H17N3O2. The van der Waals surface area contributed by atoms with Crippen LogP contribution in [0.4, 0.5) is 5.69 Å². The van der Waals surface area contributed by atoms with Crippen molar-refractivity contribution in [3.8, 4) is 11.5 Å². The van der Waals surface area contributed by atoms with E-state index in [0.717, 1.165) is 30.6 Å². The van der Waals surface area contributed by atoms with Crippen molar-refractivity contribution in [3.63, 3.8) is 0 Å². The molecule has 0 spiro atoms. The smallest absolute Gasteiger partial charge is 0.260 e. The molecule has 1 saturated heterocycles. The second-order valence-corrected chi connectivity index (χ2v) is 5.15. The summed E-state index contributed by atoms with van der Waals surface area (Å²) in [6.45, 7) is 4.71. The van der Waals surface area contributed by atoms with Crippen LogP contribution < -0.4 is 5.73 Å². The average Bonchev–Trinajstić information content (AvgIpc) is 2.99. The van der Waals surface area contributed by atoms with Crippen molar-refractivity contribution in [3.05, 3.63) is 29.6 Å². The number of anilines is 1. The summed E-state index contributed by atoms with van der Waals surface area (Å²) in [6.07, 6.45) is 1.93. The first kappa shape index (κ1) is 12.2. The highest BCUT2D eigenvalue weighted by atomic mass is 16.5. The maximum atomic E-state index is 5.99. The van der Waals surface area contributed by atoms with Crippen LogP contribution in [0.1, 0.15) is 31.2 Å². The lowest BCUT2D eigenvalue weighted by Crippen LogP contribution is -2.21. The predicted octanol–water partition coefficient (Wildman–Crippen LogP) is 2.65. The molecule has 0 aliphatic carbocycles. The molecule has 100 valence electrons. The van der Waals surface area contributed by atoms with Gasteiger partial charge in [0.15, 0.2) is 0 Å². The third-order valence-electron chi connectivity index (χ3n) is 3.64. The van der Waals surface area contributed by atoms with Gasteiger partial charge in [-0.1, -0.05) is 17.3 Å². The predicted molar refractivity (Wildman–Crippen MR) is 71.4 cm³/mol. The molecule has 1 aromatic heterocycles. The fourth-order valence-corrected chi connectivity index (χ4v) is 2.48. The highest BCUT2D eigenvalue weighted by molar-refractivity contribution is 5.73. The van der Waals surface area contributed by atoms with Gasteiger partial charge in [0, 0.05) is 12.3 Å². The van der Waals surface area contributed by atoms with Crippen molar-refractivity contribution >= 4 is 5.69 Å². The molecule has 0 radical (unpaired) electrons. The molecule has 2 heterocycles. The average molecular weight is 259 g/mol. The molecule has 3 rings (SSSR count). The summed E-state index contributed by atoms with van der Waals surface area (Å²) >= 11 is 0. The summed E-state index contributed by atoms with van der Waals surface area (Å²) in [4.78, 5) is 4.47. The van der Waals surface area contributed by atoms with E-state index in [0.29, 0.717) is 17.4 Å². The quantitative estimate of drug-likeness (QED) is 0.839. The minimum absolute atomic E-state index is 0.431. The molecule has 1 atom stereocenters.